The van der Waals surface area contributed by atoms with Crippen molar-refractivity contribution in [2.75, 3.05) is 19.7 Å². The Morgan fingerprint density at radius 3 is 2.48 bits per heavy atom. The maximum Gasteiger partial charge on any atom is 0.271 e. The number of halogens is 2. The van der Waals surface area contributed by atoms with Gasteiger partial charge < -0.3 is 9.64 Å². The number of aliphatic imine (C=N–C) groups is 1. The van der Waals surface area contributed by atoms with E-state index in [0.717, 1.165) is 51.5 Å². The number of rotatable bonds is 9. The highest BCUT2D eigenvalue weighted by atomic mass is 19.3. The third-order valence-electron chi connectivity index (χ3n) is 4.06. The van der Waals surface area contributed by atoms with E-state index >= 15 is 0 Å². The molecule has 0 bridgehead atoms. The summed E-state index contributed by atoms with van der Waals surface area (Å²) in [5.41, 5.74) is -0.0884. The van der Waals surface area contributed by atoms with Crippen LogP contribution in [0.15, 0.2) is 28.5 Å². The molecule has 1 aliphatic heterocycles. The summed E-state index contributed by atoms with van der Waals surface area (Å²) in [7, 11) is 0. The molecule has 0 aliphatic carbocycles. The Balaban J connectivity index is 2.73. The number of allylic oxidation sites excluding steroid dienone is 3. The number of ketones is 1. The van der Waals surface area contributed by atoms with Crippen LogP contribution in [0.25, 0.3) is 0 Å². The molecule has 1 heterocycles. The predicted octanol–water partition coefficient (Wildman–Crippen LogP) is 4.37. The molecule has 4 nitrogen and oxygen atoms in total. The summed E-state index contributed by atoms with van der Waals surface area (Å²) in [4.78, 5) is 17.4. The fraction of sp³-hybridized carbons (Fsp3) is 0.684. The van der Waals surface area contributed by atoms with Crippen molar-refractivity contribution < 1.29 is 18.3 Å². The van der Waals surface area contributed by atoms with Crippen molar-refractivity contribution in [1.29, 1.82) is 0 Å². The summed E-state index contributed by atoms with van der Waals surface area (Å²) < 4.78 is 32.6. The van der Waals surface area contributed by atoms with E-state index in [1.165, 1.54) is 19.2 Å². The first kappa shape index (κ1) is 21.5. The molecule has 25 heavy (non-hydrogen) atoms. The zero-order valence-corrected chi connectivity index (χ0v) is 15.7. The first-order valence-electron chi connectivity index (χ1n) is 8.92. The van der Waals surface area contributed by atoms with E-state index in [-0.39, 0.29) is 24.1 Å². The Morgan fingerprint density at radius 2 is 2.00 bits per heavy atom. The molecule has 0 aromatic rings. The predicted molar refractivity (Wildman–Crippen MR) is 97.1 cm³/mol. The quantitative estimate of drug-likeness (QED) is 0.576. The fourth-order valence-electron chi connectivity index (χ4n) is 2.60. The molecule has 0 spiro atoms. The van der Waals surface area contributed by atoms with Crippen LogP contribution in [0, 0.1) is 0 Å². The van der Waals surface area contributed by atoms with Crippen molar-refractivity contribution >= 4 is 12.0 Å². The second kappa shape index (κ2) is 10.4. The van der Waals surface area contributed by atoms with Crippen LogP contribution >= 0.6 is 0 Å². The highest BCUT2D eigenvalue weighted by molar-refractivity contribution is 5.81. The minimum Gasteiger partial charge on any atom is -0.370 e. The number of alkyl halides is 2. The van der Waals surface area contributed by atoms with E-state index in [0.29, 0.717) is 0 Å². The van der Waals surface area contributed by atoms with Gasteiger partial charge in [-0.25, -0.2) is 13.8 Å². The van der Waals surface area contributed by atoms with Crippen molar-refractivity contribution in [3.8, 4) is 0 Å². The van der Waals surface area contributed by atoms with E-state index in [9.17, 15) is 13.6 Å². The number of ether oxygens (including phenoxy) is 1. The van der Waals surface area contributed by atoms with Gasteiger partial charge in [-0.3, -0.25) is 4.79 Å². The van der Waals surface area contributed by atoms with E-state index in [1.54, 1.807) is 6.92 Å². The van der Waals surface area contributed by atoms with Crippen LogP contribution in [-0.4, -0.2) is 48.6 Å². The second-order valence-corrected chi connectivity index (χ2v) is 6.44. The first-order valence-corrected chi connectivity index (χ1v) is 8.92. The summed E-state index contributed by atoms with van der Waals surface area (Å²) >= 11 is 0. The Labute approximate surface area is 149 Å². The lowest BCUT2D eigenvalue weighted by Gasteiger charge is -2.33. The third kappa shape index (κ3) is 7.90. The van der Waals surface area contributed by atoms with E-state index < -0.39 is 5.92 Å². The second-order valence-electron chi connectivity index (χ2n) is 6.44. The van der Waals surface area contributed by atoms with Crippen molar-refractivity contribution in [2.24, 2.45) is 4.99 Å². The number of hydrogen-bond donors (Lipinski definition) is 0. The maximum atomic E-state index is 13.5. The van der Waals surface area contributed by atoms with Gasteiger partial charge in [0.2, 0.25) is 0 Å². The molecular formula is C19H30F2N2O2. The molecule has 1 aliphatic rings. The molecule has 0 saturated carbocycles. The van der Waals surface area contributed by atoms with Gasteiger partial charge in [0.1, 0.15) is 12.4 Å². The minimum atomic E-state index is -2.90. The van der Waals surface area contributed by atoms with Gasteiger partial charge in [0, 0.05) is 31.8 Å². The minimum absolute atomic E-state index is 0.0231. The summed E-state index contributed by atoms with van der Waals surface area (Å²) in [5.74, 6) is -2.15. The van der Waals surface area contributed by atoms with Gasteiger partial charge in [0.15, 0.2) is 5.78 Å². The van der Waals surface area contributed by atoms with Gasteiger partial charge in [0.25, 0.3) is 5.92 Å². The fourth-order valence-corrected chi connectivity index (χ4v) is 2.60. The highest BCUT2D eigenvalue weighted by Crippen LogP contribution is 2.23. The molecule has 0 N–H and O–H groups in total. The molecule has 0 amide bonds. The Kier molecular flexibility index (Phi) is 8.97. The molecule has 0 aromatic heterocycles. The molecule has 1 saturated heterocycles. The number of piperidine rings is 1. The third-order valence-corrected chi connectivity index (χ3v) is 4.06. The Bertz CT molecular complexity index is 514. The first-order chi connectivity index (χ1) is 11.8. The van der Waals surface area contributed by atoms with E-state index in [1.807, 2.05) is 6.08 Å². The lowest BCUT2D eigenvalue weighted by Crippen LogP contribution is -2.36. The highest BCUT2D eigenvalue weighted by Gasteiger charge is 2.26. The number of nitrogens with zero attached hydrogens (tertiary/aromatic N) is 2. The van der Waals surface area contributed by atoms with Crippen LogP contribution in [0.5, 0.6) is 0 Å². The number of likely N-dealkylation sites (tertiary alicyclic amines) is 1. The molecule has 0 atom stereocenters. The van der Waals surface area contributed by atoms with Crippen LogP contribution in [0.2, 0.25) is 0 Å². The number of unbranched alkanes of at least 4 members (excludes halogenated alkanes) is 1. The lowest BCUT2D eigenvalue weighted by atomic mass is 10.1. The van der Waals surface area contributed by atoms with Crippen LogP contribution in [0.3, 0.4) is 0 Å². The standard InChI is InChI=1S/C19H30F2N2O2/c1-5-7-8-18(22-13-16(6-2)19(4,20)21)23-11-9-17(10-12-23)25-14-15(3)24/h6,8,13,17H,5,7,9-12,14H2,1-4H3/b16-6+,18-8+,22-13-. The Hall–Kier alpha value is -1.56. The van der Waals surface area contributed by atoms with Crippen molar-refractivity contribution in [3.05, 3.63) is 23.5 Å². The van der Waals surface area contributed by atoms with E-state index in [4.69, 9.17) is 4.74 Å². The van der Waals surface area contributed by atoms with Gasteiger partial charge in [-0.1, -0.05) is 19.4 Å². The van der Waals surface area contributed by atoms with Gasteiger partial charge in [-0.2, -0.15) is 0 Å². The molecule has 0 radical (unpaired) electrons. The van der Waals surface area contributed by atoms with Gasteiger partial charge in [0.05, 0.1) is 6.10 Å². The van der Waals surface area contributed by atoms with Crippen LogP contribution in [0.4, 0.5) is 8.78 Å². The van der Waals surface area contributed by atoms with Crippen LogP contribution < -0.4 is 0 Å². The van der Waals surface area contributed by atoms with Gasteiger partial charge in [-0.15, -0.1) is 0 Å². The normalized spacial score (nSPS) is 18.2. The van der Waals surface area contributed by atoms with Crippen molar-refractivity contribution in [2.45, 2.75) is 65.4 Å². The van der Waals surface area contributed by atoms with Crippen LogP contribution in [0.1, 0.15) is 53.4 Å². The monoisotopic (exact) mass is 356 g/mol. The Morgan fingerprint density at radius 1 is 1.36 bits per heavy atom. The largest absolute Gasteiger partial charge is 0.370 e. The topological polar surface area (TPSA) is 41.9 Å². The zero-order valence-electron chi connectivity index (χ0n) is 15.7. The summed E-state index contributed by atoms with van der Waals surface area (Å²) in [6.07, 6.45) is 8.14. The van der Waals surface area contributed by atoms with Gasteiger partial charge in [-0.05, 0) is 39.2 Å². The van der Waals surface area contributed by atoms with Crippen LogP contribution in [-0.2, 0) is 9.53 Å². The number of Topliss-reactive ketones (excluding diaryl/α,β-unsaturated/α-hetero) is 1. The summed E-state index contributed by atoms with van der Waals surface area (Å²) in [6, 6.07) is 0. The molecule has 0 aromatic carbocycles. The number of carbonyl (C=O) groups excluding carboxylic acids is 1. The number of hydrogen-bond acceptors (Lipinski definition) is 4. The molecule has 142 valence electrons. The summed E-state index contributed by atoms with van der Waals surface area (Å²) in [6.45, 7) is 7.67. The average molecular weight is 356 g/mol. The maximum absolute atomic E-state index is 13.5. The average Bonchev–Trinajstić information content (AvgIpc) is 2.55. The smallest absolute Gasteiger partial charge is 0.271 e. The van der Waals surface area contributed by atoms with Gasteiger partial charge >= 0.3 is 0 Å². The molecule has 0 unspecified atom stereocenters. The summed E-state index contributed by atoms with van der Waals surface area (Å²) in [5, 5.41) is 0. The molecule has 1 fully saturated rings. The van der Waals surface area contributed by atoms with Crippen molar-refractivity contribution in [3.63, 3.8) is 0 Å². The number of carbonyl (C=O) groups is 1. The van der Waals surface area contributed by atoms with Crippen molar-refractivity contribution in [1.82, 2.24) is 4.90 Å². The molecular weight excluding hydrogens is 326 g/mol. The lowest BCUT2D eigenvalue weighted by molar-refractivity contribution is -0.124. The molecule has 1 rings (SSSR count). The van der Waals surface area contributed by atoms with E-state index in [2.05, 4.69) is 16.8 Å². The SMILES string of the molecule is C\C=C(/C=N\C(=C/CCC)N1CCC(OCC(C)=O)CC1)C(C)(F)F. The molecule has 6 heteroatoms. The zero-order chi connectivity index (χ0) is 18.9.